The van der Waals surface area contributed by atoms with Crippen LogP contribution >= 0.6 is 0 Å². The molecular formula is C21H36O2. The zero-order chi connectivity index (χ0) is 17.0. The maximum absolute atomic E-state index is 10.3. The SMILES string of the molecule is CCCCCC/C=C\C/C=C\C/C=C\CCCCCC[13C](=O)O. The van der Waals surface area contributed by atoms with Crippen LogP contribution in [0.2, 0.25) is 0 Å². The summed E-state index contributed by atoms with van der Waals surface area (Å²) < 4.78 is 0. The Hall–Kier alpha value is -1.31. The summed E-state index contributed by atoms with van der Waals surface area (Å²) in [6.07, 6.45) is 27.7. The van der Waals surface area contributed by atoms with Crippen molar-refractivity contribution in [1.29, 1.82) is 0 Å². The fourth-order valence-corrected chi connectivity index (χ4v) is 2.36. The number of hydrogen-bond acceptors (Lipinski definition) is 1. The fraction of sp³-hybridized carbons (Fsp3) is 0.667. The first-order chi connectivity index (χ1) is 11.3. The van der Waals surface area contributed by atoms with Gasteiger partial charge in [-0.3, -0.25) is 4.79 Å². The molecule has 0 heterocycles. The normalized spacial score (nSPS) is 12.0. The zero-order valence-electron chi connectivity index (χ0n) is 15.0. The van der Waals surface area contributed by atoms with E-state index in [4.69, 9.17) is 5.11 Å². The molecule has 1 N–H and O–H groups in total. The fourth-order valence-electron chi connectivity index (χ4n) is 2.36. The third-order valence-electron chi connectivity index (χ3n) is 3.78. The van der Waals surface area contributed by atoms with Gasteiger partial charge in [0.25, 0.3) is 0 Å². The predicted octanol–water partition coefficient (Wildman–Crippen LogP) is 6.83. The molecule has 0 amide bonds. The van der Waals surface area contributed by atoms with Gasteiger partial charge in [-0.15, -0.1) is 0 Å². The van der Waals surface area contributed by atoms with Crippen LogP contribution in [0.5, 0.6) is 0 Å². The molecule has 2 nitrogen and oxygen atoms in total. The second-order valence-electron chi connectivity index (χ2n) is 6.08. The van der Waals surface area contributed by atoms with Gasteiger partial charge in [0, 0.05) is 6.42 Å². The second-order valence-corrected chi connectivity index (χ2v) is 6.08. The zero-order valence-corrected chi connectivity index (χ0v) is 15.0. The van der Waals surface area contributed by atoms with Crippen molar-refractivity contribution in [3.63, 3.8) is 0 Å². The lowest BCUT2D eigenvalue weighted by Gasteiger charge is -1.96. The van der Waals surface area contributed by atoms with E-state index in [2.05, 4.69) is 43.4 Å². The number of allylic oxidation sites excluding steroid dienone is 6. The van der Waals surface area contributed by atoms with Crippen molar-refractivity contribution in [3.05, 3.63) is 36.5 Å². The number of aliphatic carboxylic acids is 1. The lowest BCUT2D eigenvalue weighted by molar-refractivity contribution is -0.137. The molecule has 0 aliphatic rings. The Morgan fingerprint density at radius 1 is 0.696 bits per heavy atom. The van der Waals surface area contributed by atoms with Crippen LogP contribution in [-0.2, 0) is 4.79 Å². The number of carboxylic acids is 1. The van der Waals surface area contributed by atoms with E-state index in [0.29, 0.717) is 6.42 Å². The van der Waals surface area contributed by atoms with E-state index in [0.717, 1.165) is 38.5 Å². The Bertz CT molecular complexity index is 340. The molecule has 0 aliphatic heterocycles. The summed E-state index contributed by atoms with van der Waals surface area (Å²) in [4.78, 5) is 10.3. The molecule has 0 aromatic rings. The van der Waals surface area contributed by atoms with Gasteiger partial charge in [-0.2, -0.15) is 0 Å². The molecule has 0 rings (SSSR count). The molecule has 0 aromatic carbocycles. The molecule has 0 unspecified atom stereocenters. The van der Waals surface area contributed by atoms with Crippen LogP contribution in [0.15, 0.2) is 36.5 Å². The van der Waals surface area contributed by atoms with E-state index >= 15 is 0 Å². The number of unbranched alkanes of at least 4 members (excludes halogenated alkanes) is 8. The van der Waals surface area contributed by atoms with Crippen molar-refractivity contribution < 1.29 is 9.90 Å². The molecule has 0 bridgehead atoms. The quantitative estimate of drug-likeness (QED) is 0.192. The maximum atomic E-state index is 10.3. The Morgan fingerprint density at radius 3 is 1.70 bits per heavy atom. The standard InChI is InChI=1S/C21H36O2/c1-2-3-4-5-6-7-8-9-10-11-12-13-14-15-16-17-18-19-20-21(22)23/h7-8,10-11,13-14H,2-6,9,12,15-20H2,1H3,(H,22,23)/b8-7-,11-10-,14-13-/i21+1. The molecule has 23 heavy (non-hydrogen) atoms. The van der Waals surface area contributed by atoms with Gasteiger partial charge in [0.1, 0.15) is 0 Å². The number of carboxylic acid groups (broad SMARTS) is 1. The largest absolute Gasteiger partial charge is 0.481 e. The summed E-state index contributed by atoms with van der Waals surface area (Å²) in [6, 6.07) is 0. The van der Waals surface area contributed by atoms with Gasteiger partial charge >= 0.3 is 5.97 Å². The van der Waals surface area contributed by atoms with Crippen LogP contribution in [0.4, 0.5) is 0 Å². The average molecular weight is 322 g/mol. The summed E-state index contributed by atoms with van der Waals surface area (Å²) >= 11 is 0. The Kier molecular flexibility index (Phi) is 17.7. The Balaban J connectivity index is 3.29. The van der Waals surface area contributed by atoms with Gasteiger partial charge in [0.15, 0.2) is 0 Å². The monoisotopic (exact) mass is 321 g/mol. The van der Waals surface area contributed by atoms with Gasteiger partial charge in [-0.05, 0) is 44.9 Å². The molecule has 0 radical (unpaired) electrons. The van der Waals surface area contributed by atoms with E-state index in [9.17, 15) is 4.79 Å². The van der Waals surface area contributed by atoms with Crippen LogP contribution in [0, 0.1) is 0 Å². The number of carbonyl (C=O) groups is 1. The van der Waals surface area contributed by atoms with Gasteiger partial charge in [-0.25, -0.2) is 0 Å². The molecule has 2 heteroatoms. The van der Waals surface area contributed by atoms with E-state index in [1.807, 2.05) is 0 Å². The molecule has 0 spiro atoms. The van der Waals surface area contributed by atoms with Crippen molar-refractivity contribution in [3.8, 4) is 0 Å². The van der Waals surface area contributed by atoms with Gasteiger partial charge in [0.05, 0.1) is 0 Å². The van der Waals surface area contributed by atoms with Crippen molar-refractivity contribution in [1.82, 2.24) is 0 Å². The lowest BCUT2D eigenvalue weighted by atomic mass is 10.1. The minimum absolute atomic E-state index is 0.313. The first kappa shape index (κ1) is 21.7. The maximum Gasteiger partial charge on any atom is 0.303 e. The summed E-state index contributed by atoms with van der Waals surface area (Å²) in [5.41, 5.74) is 0. The molecule has 0 saturated heterocycles. The first-order valence-corrected chi connectivity index (χ1v) is 9.44. The third kappa shape index (κ3) is 20.7. The van der Waals surface area contributed by atoms with Crippen LogP contribution in [0.25, 0.3) is 0 Å². The van der Waals surface area contributed by atoms with Crippen molar-refractivity contribution in [2.45, 2.75) is 90.4 Å². The second kappa shape index (κ2) is 18.7. The minimum Gasteiger partial charge on any atom is -0.481 e. The number of rotatable bonds is 16. The van der Waals surface area contributed by atoms with E-state index in [1.165, 1.54) is 38.5 Å². The topological polar surface area (TPSA) is 37.3 Å². The van der Waals surface area contributed by atoms with E-state index < -0.39 is 5.97 Å². The van der Waals surface area contributed by atoms with Gasteiger partial charge < -0.3 is 5.11 Å². The predicted molar refractivity (Wildman–Crippen MR) is 101 cm³/mol. The van der Waals surface area contributed by atoms with Crippen molar-refractivity contribution in [2.24, 2.45) is 0 Å². The molecule has 132 valence electrons. The van der Waals surface area contributed by atoms with E-state index in [-0.39, 0.29) is 0 Å². The summed E-state index contributed by atoms with van der Waals surface area (Å²) in [6.45, 7) is 2.25. The highest BCUT2D eigenvalue weighted by molar-refractivity contribution is 5.66. The summed E-state index contributed by atoms with van der Waals surface area (Å²) in [7, 11) is 0. The average Bonchev–Trinajstić information content (AvgIpc) is 2.53. The Morgan fingerprint density at radius 2 is 1.17 bits per heavy atom. The smallest absolute Gasteiger partial charge is 0.303 e. The van der Waals surface area contributed by atoms with E-state index in [1.54, 1.807) is 0 Å². The molecule has 0 aromatic heterocycles. The van der Waals surface area contributed by atoms with Crippen LogP contribution in [-0.4, -0.2) is 11.1 Å². The number of hydrogen-bond donors (Lipinski definition) is 1. The highest BCUT2D eigenvalue weighted by Crippen LogP contribution is 2.06. The van der Waals surface area contributed by atoms with Crippen LogP contribution in [0.3, 0.4) is 0 Å². The summed E-state index contributed by atoms with van der Waals surface area (Å²) in [5.74, 6) is -0.678. The molecule has 0 aliphatic carbocycles. The Labute approximate surface area is 143 Å². The van der Waals surface area contributed by atoms with Gasteiger partial charge in [0.2, 0.25) is 0 Å². The molecule has 0 fully saturated rings. The van der Waals surface area contributed by atoms with Crippen LogP contribution < -0.4 is 0 Å². The van der Waals surface area contributed by atoms with Crippen molar-refractivity contribution in [2.75, 3.05) is 0 Å². The lowest BCUT2D eigenvalue weighted by Crippen LogP contribution is -1.93. The molecular weight excluding hydrogens is 285 g/mol. The van der Waals surface area contributed by atoms with Gasteiger partial charge in [-0.1, -0.05) is 75.5 Å². The first-order valence-electron chi connectivity index (χ1n) is 9.44. The highest BCUT2D eigenvalue weighted by atomic mass is 16.5. The third-order valence-corrected chi connectivity index (χ3v) is 3.78. The molecule has 0 saturated carbocycles. The summed E-state index contributed by atoms with van der Waals surface area (Å²) in [5, 5.41) is 8.53. The van der Waals surface area contributed by atoms with Crippen LogP contribution in [0.1, 0.15) is 90.4 Å². The molecule has 0 atom stereocenters. The highest BCUT2D eigenvalue weighted by Gasteiger charge is 1.95. The minimum atomic E-state index is -0.678. The van der Waals surface area contributed by atoms with Crippen molar-refractivity contribution >= 4 is 5.97 Å².